The second kappa shape index (κ2) is 5.92. The van der Waals surface area contributed by atoms with Crippen LogP contribution in [0.2, 0.25) is 0 Å². The number of benzene rings is 1. The van der Waals surface area contributed by atoms with E-state index in [1.807, 2.05) is 0 Å². The predicted octanol–water partition coefficient (Wildman–Crippen LogP) is 2.07. The fourth-order valence-electron chi connectivity index (χ4n) is 1.63. The van der Waals surface area contributed by atoms with Crippen molar-refractivity contribution >= 4 is 12.1 Å². The number of phenolic OH excluding ortho intramolecular Hbond substituents is 1. The van der Waals surface area contributed by atoms with Crippen molar-refractivity contribution in [3.63, 3.8) is 0 Å². The van der Waals surface area contributed by atoms with E-state index in [-0.39, 0.29) is 11.7 Å². The van der Waals surface area contributed by atoms with E-state index in [4.69, 9.17) is 9.15 Å². The maximum absolute atomic E-state index is 11.7. The van der Waals surface area contributed by atoms with E-state index < -0.39 is 0 Å². The molecule has 0 saturated carbocycles. The van der Waals surface area contributed by atoms with E-state index in [9.17, 15) is 9.90 Å². The lowest BCUT2D eigenvalue weighted by Gasteiger charge is -2.03. The molecule has 0 aliphatic rings. The Morgan fingerprint density at radius 3 is 2.85 bits per heavy atom. The van der Waals surface area contributed by atoms with Crippen LogP contribution < -0.4 is 10.2 Å². The number of hydrogen-bond donors (Lipinski definition) is 2. The number of nitrogens with one attached hydrogen (secondary N) is 1. The number of hydrazone groups is 1. The first-order valence-corrected chi connectivity index (χ1v) is 5.86. The smallest absolute Gasteiger partial charge is 0.274 e. The summed E-state index contributed by atoms with van der Waals surface area (Å²) in [5.41, 5.74) is 3.44. The van der Waals surface area contributed by atoms with Gasteiger partial charge in [-0.3, -0.25) is 4.79 Å². The molecular formula is C14H14N2O4. The summed E-state index contributed by atoms with van der Waals surface area (Å²) in [5.74, 6) is 0.554. The maximum Gasteiger partial charge on any atom is 0.274 e. The van der Waals surface area contributed by atoms with E-state index in [2.05, 4.69) is 10.5 Å². The Morgan fingerprint density at radius 1 is 1.45 bits per heavy atom. The van der Waals surface area contributed by atoms with Crippen molar-refractivity contribution in [1.82, 2.24) is 5.43 Å². The van der Waals surface area contributed by atoms with Crippen molar-refractivity contribution in [3.05, 3.63) is 47.4 Å². The predicted molar refractivity (Wildman–Crippen MR) is 73.2 cm³/mol. The van der Waals surface area contributed by atoms with Crippen LogP contribution in [0.4, 0.5) is 0 Å². The molecular weight excluding hydrogens is 260 g/mol. The molecule has 0 fully saturated rings. The number of methoxy groups -OCH3 is 1. The summed E-state index contributed by atoms with van der Waals surface area (Å²) in [4.78, 5) is 11.7. The van der Waals surface area contributed by atoms with E-state index in [1.165, 1.54) is 25.7 Å². The minimum Gasteiger partial charge on any atom is -0.504 e. The second-order valence-corrected chi connectivity index (χ2v) is 4.02. The maximum atomic E-state index is 11.7. The summed E-state index contributed by atoms with van der Waals surface area (Å²) in [6.45, 7) is 1.69. The van der Waals surface area contributed by atoms with Gasteiger partial charge in [0.25, 0.3) is 5.91 Å². The number of amides is 1. The summed E-state index contributed by atoms with van der Waals surface area (Å²) in [7, 11) is 1.47. The number of phenols is 1. The molecule has 1 aromatic heterocycles. The quantitative estimate of drug-likeness (QED) is 0.660. The molecule has 0 bridgehead atoms. The topological polar surface area (TPSA) is 84.1 Å². The third-order valence-corrected chi connectivity index (χ3v) is 2.69. The average Bonchev–Trinajstić information content (AvgIpc) is 2.85. The normalized spacial score (nSPS) is 10.7. The number of nitrogens with zero attached hydrogens (tertiary/aromatic N) is 1. The largest absolute Gasteiger partial charge is 0.504 e. The Balaban J connectivity index is 2.02. The molecule has 0 saturated heterocycles. The molecule has 1 heterocycles. The molecule has 20 heavy (non-hydrogen) atoms. The van der Waals surface area contributed by atoms with Crippen molar-refractivity contribution in [1.29, 1.82) is 0 Å². The molecule has 104 valence electrons. The number of furan rings is 1. The minimum atomic E-state index is -0.356. The van der Waals surface area contributed by atoms with Crippen LogP contribution in [-0.2, 0) is 0 Å². The molecule has 6 heteroatoms. The second-order valence-electron chi connectivity index (χ2n) is 4.02. The summed E-state index contributed by atoms with van der Waals surface area (Å²) in [6.07, 6.45) is 2.86. The Bertz CT molecular complexity index is 646. The number of carbonyl (C=O) groups excluding carboxylic acids is 1. The van der Waals surface area contributed by atoms with Gasteiger partial charge in [0.15, 0.2) is 11.5 Å². The zero-order chi connectivity index (χ0) is 14.5. The van der Waals surface area contributed by atoms with E-state index >= 15 is 0 Å². The molecule has 0 unspecified atom stereocenters. The lowest BCUT2D eigenvalue weighted by molar-refractivity contribution is 0.0953. The highest BCUT2D eigenvalue weighted by Gasteiger charge is 2.09. The molecule has 0 atom stereocenters. The zero-order valence-electron chi connectivity index (χ0n) is 11.1. The summed E-state index contributed by atoms with van der Waals surface area (Å²) in [5, 5.41) is 13.4. The molecule has 2 rings (SSSR count). The first kappa shape index (κ1) is 13.7. The molecule has 1 amide bonds. The van der Waals surface area contributed by atoms with Crippen LogP contribution in [0.5, 0.6) is 11.5 Å². The zero-order valence-corrected chi connectivity index (χ0v) is 11.1. The van der Waals surface area contributed by atoms with Crippen LogP contribution in [0, 0.1) is 6.92 Å². The molecule has 0 aliphatic carbocycles. The van der Waals surface area contributed by atoms with Gasteiger partial charge in [-0.2, -0.15) is 5.10 Å². The molecule has 1 aromatic carbocycles. The van der Waals surface area contributed by atoms with Gasteiger partial charge in [0.2, 0.25) is 0 Å². The van der Waals surface area contributed by atoms with Crippen LogP contribution in [0.3, 0.4) is 0 Å². The van der Waals surface area contributed by atoms with Gasteiger partial charge in [0.1, 0.15) is 5.76 Å². The van der Waals surface area contributed by atoms with E-state index in [0.717, 1.165) is 0 Å². The summed E-state index contributed by atoms with van der Waals surface area (Å²) < 4.78 is 9.96. The molecule has 0 radical (unpaired) electrons. The number of aryl methyl sites for hydroxylation is 1. The third-order valence-electron chi connectivity index (χ3n) is 2.69. The van der Waals surface area contributed by atoms with Crippen molar-refractivity contribution in [2.75, 3.05) is 7.11 Å². The average molecular weight is 274 g/mol. The van der Waals surface area contributed by atoms with Gasteiger partial charge in [-0.1, -0.05) is 0 Å². The summed E-state index contributed by atoms with van der Waals surface area (Å²) in [6, 6.07) is 6.37. The SMILES string of the molecule is COc1ccc(/C=N\NC(=O)c2ccoc2C)cc1O. The fourth-order valence-corrected chi connectivity index (χ4v) is 1.63. The Labute approximate surface area is 115 Å². The van der Waals surface area contributed by atoms with Crippen molar-refractivity contribution in [3.8, 4) is 11.5 Å². The van der Waals surface area contributed by atoms with Crippen LogP contribution in [-0.4, -0.2) is 24.3 Å². The van der Waals surface area contributed by atoms with Crippen LogP contribution in [0.1, 0.15) is 21.7 Å². The van der Waals surface area contributed by atoms with Crippen molar-refractivity contribution < 1.29 is 19.1 Å². The molecule has 6 nitrogen and oxygen atoms in total. The van der Waals surface area contributed by atoms with Gasteiger partial charge >= 0.3 is 0 Å². The van der Waals surface area contributed by atoms with Crippen molar-refractivity contribution in [2.24, 2.45) is 5.10 Å². The van der Waals surface area contributed by atoms with E-state index in [0.29, 0.717) is 22.6 Å². The minimum absolute atomic E-state index is 0.00783. The van der Waals surface area contributed by atoms with Gasteiger partial charge in [-0.05, 0) is 36.8 Å². The molecule has 2 N–H and O–H groups in total. The standard InChI is InChI=1S/C14H14N2O4/c1-9-11(5-6-20-9)14(18)16-15-8-10-3-4-13(19-2)12(17)7-10/h3-8,17H,1-2H3,(H,16,18)/b15-8-. The monoisotopic (exact) mass is 274 g/mol. The fraction of sp³-hybridized carbons (Fsp3) is 0.143. The first-order valence-electron chi connectivity index (χ1n) is 5.86. The number of hydrogen-bond acceptors (Lipinski definition) is 5. The van der Waals surface area contributed by atoms with Gasteiger partial charge < -0.3 is 14.3 Å². The Hall–Kier alpha value is -2.76. The Kier molecular flexibility index (Phi) is 4.05. The number of ether oxygens (including phenoxy) is 1. The third kappa shape index (κ3) is 2.97. The number of rotatable bonds is 4. The van der Waals surface area contributed by atoms with Gasteiger partial charge in [0, 0.05) is 0 Å². The highest BCUT2D eigenvalue weighted by atomic mass is 16.5. The molecule has 0 spiro atoms. The number of aromatic hydroxyl groups is 1. The first-order chi connectivity index (χ1) is 9.61. The summed E-state index contributed by atoms with van der Waals surface area (Å²) >= 11 is 0. The Morgan fingerprint density at radius 2 is 2.25 bits per heavy atom. The highest BCUT2D eigenvalue weighted by molar-refractivity contribution is 5.95. The molecule has 2 aromatic rings. The van der Waals surface area contributed by atoms with Gasteiger partial charge in [0.05, 0.1) is 25.2 Å². The van der Waals surface area contributed by atoms with Crippen LogP contribution in [0.25, 0.3) is 0 Å². The number of carbonyl (C=O) groups is 1. The van der Waals surface area contributed by atoms with Crippen molar-refractivity contribution in [2.45, 2.75) is 6.92 Å². The highest BCUT2D eigenvalue weighted by Crippen LogP contribution is 2.25. The lowest BCUT2D eigenvalue weighted by Crippen LogP contribution is -2.17. The van der Waals surface area contributed by atoms with Crippen LogP contribution >= 0.6 is 0 Å². The van der Waals surface area contributed by atoms with Gasteiger partial charge in [-0.25, -0.2) is 5.43 Å². The lowest BCUT2D eigenvalue weighted by atomic mass is 10.2. The van der Waals surface area contributed by atoms with E-state index in [1.54, 1.807) is 25.1 Å². The van der Waals surface area contributed by atoms with Gasteiger partial charge in [-0.15, -0.1) is 0 Å². The van der Waals surface area contributed by atoms with Crippen LogP contribution in [0.15, 0.2) is 40.0 Å². The molecule has 0 aliphatic heterocycles.